The van der Waals surface area contributed by atoms with Gasteiger partial charge in [-0.3, -0.25) is 0 Å². The molecule has 0 bridgehead atoms. The van der Waals surface area contributed by atoms with E-state index in [4.69, 9.17) is 4.74 Å². The van der Waals surface area contributed by atoms with E-state index in [2.05, 4.69) is 52.9 Å². The first-order valence-electron chi connectivity index (χ1n) is 9.61. The monoisotopic (exact) mass is 495 g/mol. The van der Waals surface area contributed by atoms with Gasteiger partial charge in [-0.05, 0) is 31.4 Å². The van der Waals surface area contributed by atoms with Gasteiger partial charge in [-0.2, -0.15) is 0 Å². The average Bonchev–Trinajstić information content (AvgIpc) is 2.67. The maximum absolute atomic E-state index is 10.3. The fraction of sp³-hybridized carbons (Fsp3) is 0.409. The molecule has 3 rings (SSSR count). The number of nitrogens with one attached hydrogen (secondary N) is 2. The van der Waals surface area contributed by atoms with Crippen LogP contribution in [-0.2, 0) is 12.0 Å². The minimum atomic E-state index is 0. The Labute approximate surface area is 184 Å². The molecule has 1 saturated carbocycles. The second-order valence-corrected chi connectivity index (χ2v) is 7.02. The van der Waals surface area contributed by atoms with Crippen molar-refractivity contribution in [2.75, 3.05) is 20.2 Å². The molecular weight excluding hydrogens is 465 g/mol. The van der Waals surface area contributed by atoms with Crippen molar-refractivity contribution in [2.24, 2.45) is 4.99 Å². The van der Waals surface area contributed by atoms with Crippen molar-refractivity contribution in [2.45, 2.75) is 38.1 Å². The number of hydrogen-bond acceptors (Lipinski definition) is 3. The molecule has 152 valence electrons. The summed E-state index contributed by atoms with van der Waals surface area (Å²) in [6, 6.07) is 16.2. The van der Waals surface area contributed by atoms with Crippen LogP contribution in [0.3, 0.4) is 0 Å². The number of ether oxygens (including phenoxy) is 1. The molecule has 1 aliphatic carbocycles. The number of aromatic hydroxyl groups is 1. The zero-order valence-electron chi connectivity index (χ0n) is 16.6. The molecule has 3 N–H and O–H groups in total. The molecule has 0 spiro atoms. The van der Waals surface area contributed by atoms with E-state index >= 15 is 0 Å². The van der Waals surface area contributed by atoms with Crippen LogP contribution >= 0.6 is 24.0 Å². The van der Waals surface area contributed by atoms with Gasteiger partial charge in [-0.1, -0.05) is 48.9 Å². The molecular formula is C22H30IN3O2. The summed E-state index contributed by atoms with van der Waals surface area (Å²) in [7, 11) is 1.55. The number of guanidine groups is 1. The lowest BCUT2D eigenvalue weighted by Crippen LogP contribution is -2.48. The Balaban J connectivity index is 0.00000280. The molecule has 0 amide bonds. The topological polar surface area (TPSA) is 65.9 Å². The Morgan fingerprint density at radius 2 is 1.86 bits per heavy atom. The van der Waals surface area contributed by atoms with Crippen molar-refractivity contribution in [3.63, 3.8) is 0 Å². The molecule has 0 aliphatic heterocycles. The smallest absolute Gasteiger partial charge is 0.191 e. The van der Waals surface area contributed by atoms with Gasteiger partial charge >= 0.3 is 0 Å². The number of benzene rings is 2. The van der Waals surface area contributed by atoms with Crippen LogP contribution in [-0.4, -0.2) is 31.3 Å². The van der Waals surface area contributed by atoms with E-state index in [0.717, 1.165) is 24.6 Å². The number of halogens is 1. The van der Waals surface area contributed by atoms with E-state index in [1.54, 1.807) is 13.2 Å². The van der Waals surface area contributed by atoms with Crippen LogP contribution in [0.5, 0.6) is 11.5 Å². The van der Waals surface area contributed by atoms with E-state index in [1.165, 1.54) is 24.8 Å². The maximum Gasteiger partial charge on any atom is 0.191 e. The third-order valence-corrected chi connectivity index (χ3v) is 5.35. The molecule has 5 nitrogen and oxygen atoms in total. The van der Waals surface area contributed by atoms with E-state index in [-0.39, 0.29) is 35.1 Å². The molecule has 1 aliphatic rings. The molecule has 0 heterocycles. The summed E-state index contributed by atoms with van der Waals surface area (Å²) in [4.78, 5) is 4.65. The first-order chi connectivity index (χ1) is 13.2. The van der Waals surface area contributed by atoms with Crippen molar-refractivity contribution in [3.8, 4) is 11.5 Å². The zero-order valence-corrected chi connectivity index (χ0v) is 18.9. The summed E-state index contributed by atoms with van der Waals surface area (Å²) in [5.74, 6) is 1.39. The van der Waals surface area contributed by atoms with Gasteiger partial charge in [-0.15, -0.1) is 24.0 Å². The van der Waals surface area contributed by atoms with Gasteiger partial charge in [0, 0.05) is 24.1 Å². The molecule has 0 atom stereocenters. The lowest BCUT2D eigenvalue weighted by Gasteiger charge is -2.43. The van der Waals surface area contributed by atoms with E-state index in [1.807, 2.05) is 12.1 Å². The van der Waals surface area contributed by atoms with Gasteiger partial charge in [0.2, 0.25) is 0 Å². The van der Waals surface area contributed by atoms with E-state index < -0.39 is 0 Å². The largest absolute Gasteiger partial charge is 0.504 e. The summed E-state index contributed by atoms with van der Waals surface area (Å²) >= 11 is 0. The Morgan fingerprint density at radius 1 is 1.11 bits per heavy atom. The molecule has 0 saturated heterocycles. The number of rotatable bonds is 7. The van der Waals surface area contributed by atoms with Gasteiger partial charge in [-0.25, -0.2) is 4.99 Å². The molecule has 28 heavy (non-hydrogen) atoms. The Morgan fingerprint density at radius 3 is 2.46 bits per heavy atom. The van der Waals surface area contributed by atoms with Crippen molar-refractivity contribution < 1.29 is 9.84 Å². The van der Waals surface area contributed by atoms with E-state index in [0.29, 0.717) is 12.3 Å². The lowest BCUT2D eigenvalue weighted by atomic mass is 9.64. The van der Waals surface area contributed by atoms with Gasteiger partial charge in [0.05, 0.1) is 13.7 Å². The number of hydrogen-bond donors (Lipinski definition) is 3. The highest BCUT2D eigenvalue weighted by Crippen LogP contribution is 2.43. The van der Waals surface area contributed by atoms with Gasteiger partial charge in [0.1, 0.15) is 0 Å². The zero-order chi connectivity index (χ0) is 19.1. The first-order valence-corrected chi connectivity index (χ1v) is 9.61. The highest BCUT2D eigenvalue weighted by Gasteiger charge is 2.38. The molecule has 0 aromatic heterocycles. The minimum Gasteiger partial charge on any atom is -0.504 e. The number of aliphatic imine (C=N–C) groups is 1. The highest BCUT2D eigenvalue weighted by molar-refractivity contribution is 14.0. The Hall–Kier alpha value is -1.96. The SMILES string of the molecule is CCNC(=NCc1cccc(OC)c1O)NCC1(c2ccccc2)CCC1.I. The minimum absolute atomic E-state index is 0. The van der Waals surface area contributed by atoms with Gasteiger partial charge < -0.3 is 20.5 Å². The molecule has 1 fully saturated rings. The fourth-order valence-electron chi connectivity index (χ4n) is 3.58. The van der Waals surface area contributed by atoms with Crippen LogP contribution in [0.1, 0.15) is 37.3 Å². The molecule has 2 aromatic carbocycles. The van der Waals surface area contributed by atoms with Crippen molar-refractivity contribution in [1.29, 1.82) is 0 Å². The highest BCUT2D eigenvalue weighted by atomic mass is 127. The summed E-state index contributed by atoms with van der Waals surface area (Å²) < 4.78 is 5.17. The third-order valence-electron chi connectivity index (χ3n) is 5.35. The van der Waals surface area contributed by atoms with Crippen molar-refractivity contribution in [1.82, 2.24) is 10.6 Å². The predicted octanol–water partition coefficient (Wildman–Crippen LogP) is 4.20. The summed E-state index contributed by atoms with van der Waals surface area (Å²) in [6.45, 7) is 4.08. The summed E-state index contributed by atoms with van der Waals surface area (Å²) in [6.07, 6.45) is 3.65. The fourth-order valence-corrected chi connectivity index (χ4v) is 3.58. The third kappa shape index (κ3) is 5.10. The second-order valence-electron chi connectivity index (χ2n) is 7.02. The standard InChI is InChI=1S/C22H29N3O2.HI/c1-3-23-21(24-15-17-9-7-12-19(27-2)20(17)26)25-16-22(13-8-14-22)18-10-5-4-6-11-18;/h4-7,9-12,26H,3,8,13-16H2,1-2H3,(H2,23,24,25);1H. The van der Waals surface area contributed by atoms with Crippen LogP contribution in [0.4, 0.5) is 0 Å². The molecule has 0 radical (unpaired) electrons. The normalized spacial score (nSPS) is 15.1. The molecule has 2 aromatic rings. The van der Waals surface area contributed by atoms with Crippen molar-refractivity contribution in [3.05, 3.63) is 59.7 Å². The number of nitrogens with zero attached hydrogens (tertiary/aromatic N) is 1. The second kappa shape index (κ2) is 10.5. The van der Waals surface area contributed by atoms with Gasteiger partial charge in [0.15, 0.2) is 17.5 Å². The number of phenols is 1. The number of methoxy groups -OCH3 is 1. The molecule has 0 unspecified atom stereocenters. The molecule has 6 heteroatoms. The number of phenolic OH excluding ortho intramolecular Hbond substituents is 1. The average molecular weight is 495 g/mol. The lowest BCUT2D eigenvalue weighted by molar-refractivity contribution is 0.244. The van der Waals surface area contributed by atoms with Crippen LogP contribution in [0.2, 0.25) is 0 Å². The van der Waals surface area contributed by atoms with Crippen LogP contribution in [0.15, 0.2) is 53.5 Å². The van der Waals surface area contributed by atoms with Crippen LogP contribution in [0.25, 0.3) is 0 Å². The quantitative estimate of drug-likeness (QED) is 0.306. The van der Waals surface area contributed by atoms with Crippen molar-refractivity contribution >= 4 is 29.9 Å². The van der Waals surface area contributed by atoms with E-state index in [9.17, 15) is 5.11 Å². The number of para-hydroxylation sites is 1. The first kappa shape index (κ1) is 22.3. The summed E-state index contributed by atoms with van der Waals surface area (Å²) in [5.41, 5.74) is 2.33. The predicted molar refractivity (Wildman–Crippen MR) is 125 cm³/mol. The Bertz CT molecular complexity index is 777. The van der Waals surface area contributed by atoms with Crippen LogP contribution in [0, 0.1) is 0 Å². The van der Waals surface area contributed by atoms with Crippen LogP contribution < -0.4 is 15.4 Å². The maximum atomic E-state index is 10.3. The Kier molecular flexibility index (Phi) is 8.41. The van der Waals surface area contributed by atoms with Gasteiger partial charge in [0.25, 0.3) is 0 Å². The summed E-state index contributed by atoms with van der Waals surface area (Å²) in [5, 5.41) is 17.1.